The van der Waals surface area contributed by atoms with Gasteiger partial charge in [0.15, 0.2) is 0 Å². The number of aromatic nitrogens is 2. The number of fused-ring (bicyclic) bond motifs is 1. The third-order valence-electron chi connectivity index (χ3n) is 4.96. The zero-order chi connectivity index (χ0) is 17.1. The molecule has 0 saturated heterocycles. The van der Waals surface area contributed by atoms with Crippen molar-refractivity contribution in [2.75, 3.05) is 26.8 Å². The van der Waals surface area contributed by atoms with E-state index in [9.17, 15) is 9.59 Å². The first kappa shape index (κ1) is 17.0. The Kier molecular flexibility index (Phi) is 5.18. The number of nitrogens with zero attached hydrogens (tertiary/aromatic N) is 3. The Morgan fingerprint density at radius 2 is 2.17 bits per heavy atom. The van der Waals surface area contributed by atoms with Crippen molar-refractivity contribution >= 4 is 11.8 Å². The summed E-state index contributed by atoms with van der Waals surface area (Å²) < 4.78 is 6.82. The standard InChI is InChI=1S/C17H26N4O3/c1-12-8-13(9-12)17(23)20-5-3-6-21-15(11-20)14(10-19-21)16(22)18-4-7-24-2/h10,12-13H,3-9,11H2,1-2H3,(H,18,22). The van der Waals surface area contributed by atoms with Gasteiger partial charge in [0.05, 0.1) is 30.6 Å². The molecule has 0 atom stereocenters. The molecule has 0 radical (unpaired) electrons. The van der Waals surface area contributed by atoms with Crippen LogP contribution in [0.25, 0.3) is 0 Å². The fourth-order valence-electron chi connectivity index (χ4n) is 3.54. The molecule has 2 amide bonds. The van der Waals surface area contributed by atoms with Gasteiger partial charge in [0.1, 0.15) is 0 Å². The number of amides is 2. The fraction of sp³-hybridized carbons (Fsp3) is 0.706. The molecule has 1 fully saturated rings. The average molecular weight is 334 g/mol. The molecule has 1 aromatic rings. The first-order valence-electron chi connectivity index (χ1n) is 8.70. The number of hydrogen-bond donors (Lipinski definition) is 1. The van der Waals surface area contributed by atoms with Gasteiger partial charge in [-0.2, -0.15) is 5.10 Å². The van der Waals surface area contributed by atoms with E-state index in [4.69, 9.17) is 4.74 Å². The van der Waals surface area contributed by atoms with Crippen molar-refractivity contribution in [1.82, 2.24) is 20.0 Å². The summed E-state index contributed by atoms with van der Waals surface area (Å²) in [5.41, 5.74) is 1.40. The normalized spacial score (nSPS) is 23.2. The van der Waals surface area contributed by atoms with E-state index in [1.165, 1.54) is 0 Å². The van der Waals surface area contributed by atoms with Crippen molar-refractivity contribution in [3.63, 3.8) is 0 Å². The Hall–Kier alpha value is -1.89. The van der Waals surface area contributed by atoms with E-state index in [2.05, 4.69) is 17.3 Å². The zero-order valence-electron chi connectivity index (χ0n) is 14.5. The van der Waals surface area contributed by atoms with Crippen molar-refractivity contribution in [1.29, 1.82) is 0 Å². The number of methoxy groups -OCH3 is 1. The van der Waals surface area contributed by atoms with E-state index >= 15 is 0 Å². The first-order valence-corrected chi connectivity index (χ1v) is 8.70. The predicted octanol–water partition coefficient (Wildman–Crippen LogP) is 1.04. The quantitative estimate of drug-likeness (QED) is 0.816. The van der Waals surface area contributed by atoms with Crippen LogP contribution in [-0.4, -0.2) is 53.3 Å². The summed E-state index contributed by atoms with van der Waals surface area (Å²) in [5.74, 6) is 0.889. The maximum atomic E-state index is 12.7. The number of ether oxygens (including phenoxy) is 1. The second-order valence-electron chi connectivity index (χ2n) is 6.86. The van der Waals surface area contributed by atoms with Crippen LogP contribution in [0, 0.1) is 11.8 Å². The van der Waals surface area contributed by atoms with Crippen LogP contribution in [0.4, 0.5) is 0 Å². The van der Waals surface area contributed by atoms with Gasteiger partial charge in [0.2, 0.25) is 5.91 Å². The molecule has 2 heterocycles. The highest BCUT2D eigenvalue weighted by molar-refractivity contribution is 5.95. The molecule has 0 unspecified atom stereocenters. The zero-order valence-corrected chi connectivity index (χ0v) is 14.5. The van der Waals surface area contributed by atoms with Crippen LogP contribution in [0.15, 0.2) is 6.20 Å². The monoisotopic (exact) mass is 334 g/mol. The summed E-state index contributed by atoms with van der Waals surface area (Å²) in [7, 11) is 1.60. The third kappa shape index (κ3) is 3.45. The molecule has 2 aliphatic rings. The van der Waals surface area contributed by atoms with Gasteiger partial charge < -0.3 is 15.0 Å². The van der Waals surface area contributed by atoms with Crippen molar-refractivity contribution in [3.8, 4) is 0 Å². The topological polar surface area (TPSA) is 76.5 Å². The van der Waals surface area contributed by atoms with Gasteiger partial charge in [-0.25, -0.2) is 0 Å². The molecule has 24 heavy (non-hydrogen) atoms. The van der Waals surface area contributed by atoms with E-state index in [0.717, 1.165) is 38.0 Å². The second kappa shape index (κ2) is 7.34. The minimum absolute atomic E-state index is 0.153. The summed E-state index contributed by atoms with van der Waals surface area (Å²) in [6.45, 7) is 5.06. The predicted molar refractivity (Wildman–Crippen MR) is 88.4 cm³/mol. The average Bonchev–Trinajstić information content (AvgIpc) is 2.81. The van der Waals surface area contributed by atoms with E-state index in [-0.39, 0.29) is 17.7 Å². The Bertz CT molecular complexity index is 607. The molecule has 0 bridgehead atoms. The highest BCUT2D eigenvalue weighted by Crippen LogP contribution is 2.35. The lowest BCUT2D eigenvalue weighted by molar-refractivity contribution is -0.140. The van der Waals surface area contributed by atoms with E-state index in [0.29, 0.717) is 31.2 Å². The SMILES string of the molecule is COCCNC(=O)c1cnn2c1CN(C(=O)C1CC(C)C1)CCC2. The molecule has 1 N–H and O–H groups in total. The Labute approximate surface area is 142 Å². The van der Waals surface area contributed by atoms with E-state index in [1.807, 2.05) is 9.58 Å². The van der Waals surface area contributed by atoms with Crippen molar-refractivity contribution in [3.05, 3.63) is 17.5 Å². The van der Waals surface area contributed by atoms with Crippen LogP contribution in [0.5, 0.6) is 0 Å². The molecule has 7 nitrogen and oxygen atoms in total. The lowest BCUT2D eigenvalue weighted by Gasteiger charge is -2.35. The molecule has 7 heteroatoms. The molecular formula is C17H26N4O3. The minimum atomic E-state index is -0.153. The molecule has 0 spiro atoms. The summed E-state index contributed by atoms with van der Waals surface area (Å²) in [6, 6.07) is 0. The van der Waals surface area contributed by atoms with Gasteiger partial charge in [-0.15, -0.1) is 0 Å². The van der Waals surface area contributed by atoms with Gasteiger partial charge in [0.25, 0.3) is 5.91 Å². The molecular weight excluding hydrogens is 308 g/mol. The van der Waals surface area contributed by atoms with Gasteiger partial charge in [-0.1, -0.05) is 6.92 Å². The highest BCUT2D eigenvalue weighted by atomic mass is 16.5. The van der Waals surface area contributed by atoms with Gasteiger partial charge in [0, 0.05) is 32.7 Å². The van der Waals surface area contributed by atoms with Gasteiger partial charge in [-0.05, 0) is 25.2 Å². The maximum Gasteiger partial charge on any atom is 0.254 e. The number of carbonyl (C=O) groups is 2. The lowest BCUT2D eigenvalue weighted by atomic mass is 9.75. The van der Waals surface area contributed by atoms with E-state index in [1.54, 1.807) is 13.3 Å². The Morgan fingerprint density at radius 3 is 2.88 bits per heavy atom. The molecule has 1 aliphatic heterocycles. The van der Waals surface area contributed by atoms with Gasteiger partial charge in [-0.3, -0.25) is 14.3 Å². The number of rotatable bonds is 5. The third-order valence-corrected chi connectivity index (χ3v) is 4.96. The number of aryl methyl sites for hydroxylation is 1. The van der Waals surface area contributed by atoms with Crippen molar-refractivity contribution in [2.24, 2.45) is 11.8 Å². The first-order chi connectivity index (χ1) is 11.6. The Balaban J connectivity index is 1.70. The summed E-state index contributed by atoms with van der Waals surface area (Å²) >= 11 is 0. The lowest BCUT2D eigenvalue weighted by Crippen LogP contribution is -2.41. The molecule has 132 valence electrons. The summed E-state index contributed by atoms with van der Waals surface area (Å²) in [6.07, 6.45) is 4.45. The largest absolute Gasteiger partial charge is 0.383 e. The minimum Gasteiger partial charge on any atom is -0.383 e. The number of nitrogens with one attached hydrogen (secondary N) is 1. The molecule has 1 aromatic heterocycles. The maximum absolute atomic E-state index is 12.7. The molecule has 1 saturated carbocycles. The fourth-order valence-corrected chi connectivity index (χ4v) is 3.54. The molecule has 3 rings (SSSR count). The number of hydrogen-bond acceptors (Lipinski definition) is 4. The second-order valence-corrected chi connectivity index (χ2v) is 6.86. The van der Waals surface area contributed by atoms with Crippen molar-refractivity contribution < 1.29 is 14.3 Å². The van der Waals surface area contributed by atoms with Crippen LogP contribution >= 0.6 is 0 Å². The summed E-state index contributed by atoms with van der Waals surface area (Å²) in [5, 5.41) is 7.17. The van der Waals surface area contributed by atoms with Gasteiger partial charge >= 0.3 is 0 Å². The molecule has 1 aliphatic carbocycles. The molecule has 0 aromatic carbocycles. The van der Waals surface area contributed by atoms with Crippen LogP contribution in [0.2, 0.25) is 0 Å². The van der Waals surface area contributed by atoms with Crippen LogP contribution in [0.1, 0.15) is 42.2 Å². The highest BCUT2D eigenvalue weighted by Gasteiger charge is 2.35. The van der Waals surface area contributed by atoms with Crippen LogP contribution in [-0.2, 0) is 22.6 Å². The van der Waals surface area contributed by atoms with Crippen LogP contribution < -0.4 is 5.32 Å². The Morgan fingerprint density at radius 1 is 1.38 bits per heavy atom. The number of carbonyl (C=O) groups excluding carboxylic acids is 2. The van der Waals surface area contributed by atoms with E-state index < -0.39 is 0 Å². The smallest absolute Gasteiger partial charge is 0.254 e. The van der Waals surface area contributed by atoms with Crippen LogP contribution in [0.3, 0.4) is 0 Å². The van der Waals surface area contributed by atoms with Crippen molar-refractivity contribution in [2.45, 2.75) is 39.3 Å². The summed E-state index contributed by atoms with van der Waals surface area (Å²) in [4.78, 5) is 26.9.